The molecule has 0 spiro atoms. The van der Waals surface area contributed by atoms with E-state index in [1.807, 2.05) is 0 Å². The molecule has 2 amide bonds. The Labute approximate surface area is 117 Å². The number of benzene rings is 1. The highest BCUT2D eigenvalue weighted by Crippen LogP contribution is 2.33. The Hall–Kier alpha value is -1.57. The monoisotopic (exact) mass is 308 g/mol. The first kappa shape index (κ1) is 16.5. The van der Waals surface area contributed by atoms with Gasteiger partial charge in [0.2, 0.25) is 0 Å². The second kappa shape index (κ2) is 6.74. The maximum absolute atomic E-state index is 12.7. The molecule has 0 saturated carbocycles. The van der Waals surface area contributed by atoms with Crippen LogP contribution in [0, 0.1) is 6.92 Å². The van der Waals surface area contributed by atoms with Gasteiger partial charge in [0.15, 0.2) is 0 Å². The van der Waals surface area contributed by atoms with Gasteiger partial charge in [-0.05, 0) is 24.6 Å². The number of hydrogen-bond acceptors (Lipinski definition) is 2. The van der Waals surface area contributed by atoms with E-state index in [2.05, 4.69) is 10.6 Å². The van der Waals surface area contributed by atoms with E-state index in [-0.39, 0.29) is 23.5 Å². The van der Waals surface area contributed by atoms with Gasteiger partial charge in [-0.15, -0.1) is 0 Å². The van der Waals surface area contributed by atoms with Crippen molar-refractivity contribution >= 4 is 22.5 Å². The third-order valence-corrected chi connectivity index (χ3v) is 3.25. The van der Waals surface area contributed by atoms with Crippen molar-refractivity contribution in [2.75, 3.05) is 23.9 Å². The number of alkyl halides is 3. The van der Waals surface area contributed by atoms with Gasteiger partial charge in [0.05, 0.1) is 5.56 Å². The van der Waals surface area contributed by atoms with Crippen LogP contribution in [-0.4, -0.2) is 28.8 Å². The van der Waals surface area contributed by atoms with Crippen LogP contribution in [0.5, 0.6) is 0 Å². The summed E-state index contributed by atoms with van der Waals surface area (Å²) in [5, 5.41) is 4.72. The normalized spacial score (nSPS) is 12.8. The molecule has 20 heavy (non-hydrogen) atoms. The number of urea groups is 1. The van der Waals surface area contributed by atoms with Gasteiger partial charge in [-0.2, -0.15) is 13.2 Å². The van der Waals surface area contributed by atoms with Crippen molar-refractivity contribution in [2.45, 2.75) is 13.1 Å². The summed E-state index contributed by atoms with van der Waals surface area (Å²) in [7, 11) is -1.04. The largest absolute Gasteiger partial charge is 0.416 e. The highest BCUT2D eigenvalue weighted by Gasteiger charge is 2.32. The highest BCUT2D eigenvalue weighted by atomic mass is 32.2. The van der Waals surface area contributed by atoms with Crippen molar-refractivity contribution in [2.24, 2.45) is 0 Å². The predicted molar refractivity (Wildman–Crippen MR) is 72.1 cm³/mol. The predicted octanol–water partition coefficient (Wildman–Crippen LogP) is 2.51. The first-order chi connectivity index (χ1) is 9.20. The maximum atomic E-state index is 12.7. The minimum atomic E-state index is -4.46. The molecule has 112 valence electrons. The van der Waals surface area contributed by atoms with Gasteiger partial charge in [-0.25, -0.2) is 4.79 Å². The number of halogens is 3. The van der Waals surface area contributed by atoms with Crippen molar-refractivity contribution in [3.05, 3.63) is 29.3 Å². The average molecular weight is 308 g/mol. The van der Waals surface area contributed by atoms with E-state index >= 15 is 0 Å². The summed E-state index contributed by atoms with van der Waals surface area (Å²) in [4.78, 5) is 11.4. The molecule has 1 rings (SSSR count). The summed E-state index contributed by atoms with van der Waals surface area (Å²) in [5.74, 6) is 0.287. The molecule has 1 unspecified atom stereocenters. The molecule has 0 bridgehead atoms. The van der Waals surface area contributed by atoms with Crippen LogP contribution in [0.15, 0.2) is 18.2 Å². The number of carbonyl (C=O) groups excluding carboxylic acids is 1. The lowest BCUT2D eigenvalue weighted by atomic mass is 10.1. The number of amides is 2. The van der Waals surface area contributed by atoms with Crippen LogP contribution >= 0.6 is 0 Å². The molecule has 1 atom stereocenters. The molecule has 0 saturated heterocycles. The Morgan fingerprint density at radius 1 is 1.35 bits per heavy atom. The fraction of sp³-hybridized carbons (Fsp3) is 0.417. The number of aryl methyl sites for hydroxylation is 1. The van der Waals surface area contributed by atoms with E-state index in [9.17, 15) is 22.2 Å². The zero-order valence-electron chi connectivity index (χ0n) is 11.0. The first-order valence-corrected chi connectivity index (χ1v) is 7.45. The molecule has 0 radical (unpaired) electrons. The van der Waals surface area contributed by atoms with Crippen LogP contribution in [0.2, 0.25) is 0 Å². The van der Waals surface area contributed by atoms with Gasteiger partial charge in [0.25, 0.3) is 0 Å². The van der Waals surface area contributed by atoms with E-state index in [1.165, 1.54) is 25.3 Å². The van der Waals surface area contributed by atoms with Crippen LogP contribution < -0.4 is 10.6 Å². The molecule has 8 heteroatoms. The number of hydrogen-bond donors (Lipinski definition) is 2. The topological polar surface area (TPSA) is 58.2 Å². The fourth-order valence-electron chi connectivity index (χ4n) is 1.49. The second-order valence-electron chi connectivity index (χ2n) is 4.19. The van der Waals surface area contributed by atoms with Crippen molar-refractivity contribution in [3.8, 4) is 0 Å². The van der Waals surface area contributed by atoms with Crippen molar-refractivity contribution in [1.29, 1.82) is 0 Å². The van der Waals surface area contributed by atoms with Crippen molar-refractivity contribution in [1.82, 2.24) is 5.32 Å². The van der Waals surface area contributed by atoms with E-state index in [0.717, 1.165) is 6.07 Å². The molecule has 1 aromatic carbocycles. The molecule has 0 aromatic heterocycles. The molecular weight excluding hydrogens is 293 g/mol. The van der Waals surface area contributed by atoms with Crippen LogP contribution in [0.4, 0.5) is 23.7 Å². The van der Waals surface area contributed by atoms with E-state index in [4.69, 9.17) is 0 Å². The third kappa shape index (κ3) is 5.20. The maximum Gasteiger partial charge on any atom is 0.416 e. The lowest BCUT2D eigenvalue weighted by molar-refractivity contribution is -0.138. The fourth-order valence-corrected chi connectivity index (χ4v) is 1.88. The Kier molecular flexibility index (Phi) is 5.55. The van der Waals surface area contributed by atoms with Crippen molar-refractivity contribution < 1.29 is 22.2 Å². The van der Waals surface area contributed by atoms with Gasteiger partial charge in [-0.1, -0.05) is 6.07 Å². The van der Waals surface area contributed by atoms with Crippen molar-refractivity contribution in [3.63, 3.8) is 0 Å². The summed E-state index contributed by atoms with van der Waals surface area (Å²) in [5.41, 5.74) is -0.646. The van der Waals surface area contributed by atoms with Crippen LogP contribution in [0.25, 0.3) is 0 Å². The van der Waals surface area contributed by atoms with Crippen LogP contribution in [0.3, 0.4) is 0 Å². The van der Waals surface area contributed by atoms with Gasteiger partial charge in [0.1, 0.15) is 0 Å². The number of anilines is 1. The van der Waals surface area contributed by atoms with Gasteiger partial charge in [0, 0.05) is 35.0 Å². The Morgan fingerprint density at radius 2 is 2.00 bits per heavy atom. The smallest absolute Gasteiger partial charge is 0.337 e. The quantitative estimate of drug-likeness (QED) is 0.898. The summed E-state index contributed by atoms with van der Waals surface area (Å²) in [6.45, 7) is 1.54. The highest BCUT2D eigenvalue weighted by molar-refractivity contribution is 7.84. The standard InChI is InChI=1S/C12H15F3N2O2S/c1-8-3-4-9(7-10(8)12(13,14)15)17-11(18)16-5-6-20(2)19/h3-4,7H,5-6H2,1-2H3,(H2,16,17,18). The van der Waals surface area contributed by atoms with E-state index in [1.54, 1.807) is 0 Å². The third-order valence-electron chi connectivity index (χ3n) is 2.48. The first-order valence-electron chi connectivity index (χ1n) is 5.73. The molecule has 0 aliphatic heterocycles. The Bertz CT molecular complexity index is 518. The number of carbonyl (C=O) groups is 1. The molecule has 0 aliphatic rings. The summed E-state index contributed by atoms with van der Waals surface area (Å²) >= 11 is 0. The zero-order valence-corrected chi connectivity index (χ0v) is 11.8. The van der Waals surface area contributed by atoms with E-state index in [0.29, 0.717) is 0 Å². The SMILES string of the molecule is Cc1ccc(NC(=O)NCCS(C)=O)cc1C(F)(F)F. The molecule has 0 aliphatic carbocycles. The van der Waals surface area contributed by atoms with Gasteiger partial charge in [-0.3, -0.25) is 4.21 Å². The summed E-state index contributed by atoms with van der Waals surface area (Å²) in [6, 6.07) is 2.93. The van der Waals surface area contributed by atoms with Gasteiger partial charge >= 0.3 is 12.2 Å². The Balaban J connectivity index is 2.69. The average Bonchev–Trinajstić information content (AvgIpc) is 2.29. The molecule has 0 heterocycles. The van der Waals surface area contributed by atoms with Crippen LogP contribution in [-0.2, 0) is 17.0 Å². The van der Waals surface area contributed by atoms with E-state index < -0.39 is 28.6 Å². The zero-order chi connectivity index (χ0) is 15.3. The Morgan fingerprint density at radius 3 is 2.55 bits per heavy atom. The molecular formula is C12H15F3N2O2S. The molecule has 0 fully saturated rings. The lowest BCUT2D eigenvalue weighted by Crippen LogP contribution is -2.31. The lowest BCUT2D eigenvalue weighted by Gasteiger charge is -2.13. The molecule has 2 N–H and O–H groups in total. The van der Waals surface area contributed by atoms with Crippen LogP contribution in [0.1, 0.15) is 11.1 Å². The van der Waals surface area contributed by atoms with Gasteiger partial charge < -0.3 is 10.6 Å². The number of nitrogens with one attached hydrogen (secondary N) is 2. The minimum absolute atomic E-state index is 0.0537. The molecule has 1 aromatic rings. The minimum Gasteiger partial charge on any atom is -0.337 e. The molecule has 4 nitrogen and oxygen atoms in total. The second-order valence-corrected chi connectivity index (χ2v) is 5.74. The number of rotatable bonds is 4. The summed E-state index contributed by atoms with van der Waals surface area (Å²) in [6.07, 6.45) is -2.97. The summed E-state index contributed by atoms with van der Waals surface area (Å²) < 4.78 is 48.9.